The van der Waals surface area contributed by atoms with Crippen molar-refractivity contribution in [3.05, 3.63) is 85.5 Å². The lowest BCUT2D eigenvalue weighted by atomic mass is 10.0. The van der Waals surface area contributed by atoms with Crippen LogP contribution >= 0.6 is 23.4 Å². The first-order valence-electron chi connectivity index (χ1n) is 10.1. The molecule has 0 spiro atoms. The number of H-pyrrole nitrogens is 1. The van der Waals surface area contributed by atoms with Gasteiger partial charge in [0.25, 0.3) is 5.56 Å². The van der Waals surface area contributed by atoms with Crippen molar-refractivity contribution >= 4 is 34.8 Å². The van der Waals surface area contributed by atoms with Crippen LogP contribution in [0.4, 0.5) is 5.69 Å². The Hall–Kier alpha value is -2.77. The average molecular weight is 456 g/mol. The number of rotatable bonds is 5. The molecule has 2 aromatic carbocycles. The van der Waals surface area contributed by atoms with Gasteiger partial charge < -0.3 is 5.11 Å². The molecular weight excluding hydrogens is 434 g/mol. The van der Waals surface area contributed by atoms with Crippen molar-refractivity contribution in [3.8, 4) is 5.88 Å². The Balaban J connectivity index is 1.87. The summed E-state index contributed by atoms with van der Waals surface area (Å²) >= 11 is 7.71. The third kappa shape index (κ3) is 4.48. The van der Waals surface area contributed by atoms with Gasteiger partial charge >= 0.3 is 5.69 Å². The summed E-state index contributed by atoms with van der Waals surface area (Å²) in [4.78, 5) is 33.1. The number of nitrogens with one attached hydrogen (secondary N) is 1. The summed E-state index contributed by atoms with van der Waals surface area (Å²) in [5.74, 6) is -0.333. The van der Waals surface area contributed by atoms with E-state index in [0.717, 1.165) is 22.6 Å². The van der Waals surface area contributed by atoms with Crippen LogP contribution in [0, 0.1) is 0 Å². The number of fused-ring (bicyclic) bond motifs is 1. The molecule has 1 atom stereocenters. The molecule has 4 rings (SSSR count). The quantitative estimate of drug-likeness (QED) is 0.563. The standard InChI is InChI=1S/C23H22ClN3O3S/c1-2-3-12-27-22(29)20(21(28)26-23(27)30)17-13-19(14-8-10-15(24)11-9-14)31-18-7-5-4-6-16(18)25-17/h4-11,19,29H,2-3,12-13H2,1H3,(H,26,28,30)/t19-/m0/s1. The Morgan fingerprint density at radius 3 is 2.68 bits per heavy atom. The van der Waals surface area contributed by atoms with Crippen LogP contribution < -0.4 is 11.2 Å². The zero-order valence-electron chi connectivity index (χ0n) is 17.0. The highest BCUT2D eigenvalue weighted by molar-refractivity contribution is 7.99. The lowest BCUT2D eigenvalue weighted by molar-refractivity contribution is 0.394. The molecule has 1 aliphatic heterocycles. The number of aromatic hydroxyl groups is 1. The maximum absolute atomic E-state index is 12.8. The predicted octanol–water partition coefficient (Wildman–Crippen LogP) is 5.05. The van der Waals surface area contributed by atoms with Gasteiger partial charge in [0, 0.05) is 28.1 Å². The van der Waals surface area contributed by atoms with E-state index in [1.807, 2.05) is 55.5 Å². The van der Waals surface area contributed by atoms with E-state index in [-0.39, 0.29) is 16.7 Å². The molecule has 0 saturated heterocycles. The fraction of sp³-hybridized carbons (Fsp3) is 0.261. The molecule has 1 aromatic heterocycles. The first kappa shape index (κ1) is 21.5. The summed E-state index contributed by atoms with van der Waals surface area (Å²) < 4.78 is 1.21. The number of hydrogen-bond donors (Lipinski definition) is 2. The van der Waals surface area contributed by atoms with Gasteiger partial charge in [-0.25, -0.2) is 4.79 Å². The number of aromatic nitrogens is 2. The van der Waals surface area contributed by atoms with E-state index < -0.39 is 11.2 Å². The summed E-state index contributed by atoms with van der Waals surface area (Å²) in [5, 5.41) is 11.5. The van der Waals surface area contributed by atoms with Crippen molar-refractivity contribution in [2.24, 2.45) is 4.99 Å². The lowest BCUT2D eigenvalue weighted by Gasteiger charge is -2.17. The molecular formula is C23H22ClN3O3S. The van der Waals surface area contributed by atoms with E-state index in [2.05, 4.69) is 4.98 Å². The van der Waals surface area contributed by atoms with Crippen LogP contribution in [0.5, 0.6) is 5.88 Å². The van der Waals surface area contributed by atoms with E-state index in [9.17, 15) is 14.7 Å². The molecule has 0 unspecified atom stereocenters. The fourth-order valence-corrected chi connectivity index (χ4v) is 4.93. The van der Waals surface area contributed by atoms with Gasteiger partial charge in [-0.1, -0.05) is 49.2 Å². The zero-order valence-corrected chi connectivity index (χ0v) is 18.5. The van der Waals surface area contributed by atoms with E-state index in [4.69, 9.17) is 16.6 Å². The largest absolute Gasteiger partial charge is 0.494 e. The van der Waals surface area contributed by atoms with Gasteiger partial charge in [0.05, 0.1) is 11.4 Å². The third-order valence-corrected chi connectivity index (χ3v) is 6.78. The molecule has 2 heterocycles. The van der Waals surface area contributed by atoms with Gasteiger partial charge in [0.1, 0.15) is 5.56 Å². The van der Waals surface area contributed by atoms with Crippen molar-refractivity contribution in [1.82, 2.24) is 9.55 Å². The maximum atomic E-state index is 12.8. The highest BCUT2D eigenvalue weighted by Gasteiger charge is 2.27. The summed E-state index contributed by atoms with van der Waals surface area (Å²) in [6.45, 7) is 2.32. The topological polar surface area (TPSA) is 87.4 Å². The van der Waals surface area contributed by atoms with Crippen molar-refractivity contribution in [2.45, 2.75) is 42.9 Å². The van der Waals surface area contributed by atoms with Gasteiger partial charge in [-0.05, 0) is 36.2 Å². The molecule has 31 heavy (non-hydrogen) atoms. The SMILES string of the molecule is CCCCn1c(O)c(C2=Nc3ccccc3S[C@H](c3ccc(Cl)cc3)C2)c(=O)[nH]c1=O. The van der Waals surface area contributed by atoms with Crippen LogP contribution in [-0.2, 0) is 6.54 Å². The number of thioether (sulfide) groups is 1. The van der Waals surface area contributed by atoms with Crippen LogP contribution in [0.3, 0.4) is 0 Å². The molecule has 8 heteroatoms. The molecule has 6 nitrogen and oxygen atoms in total. The number of halogens is 1. The predicted molar refractivity (Wildman–Crippen MR) is 125 cm³/mol. The molecule has 0 saturated carbocycles. The molecule has 0 bridgehead atoms. The van der Waals surface area contributed by atoms with E-state index in [1.54, 1.807) is 11.8 Å². The lowest BCUT2D eigenvalue weighted by Crippen LogP contribution is -2.34. The second kappa shape index (κ2) is 9.16. The number of para-hydroxylation sites is 1. The van der Waals surface area contributed by atoms with Crippen molar-refractivity contribution in [1.29, 1.82) is 0 Å². The number of unbranched alkanes of at least 4 members (excludes halogenated alkanes) is 1. The van der Waals surface area contributed by atoms with Crippen LogP contribution in [-0.4, -0.2) is 20.4 Å². The smallest absolute Gasteiger partial charge is 0.331 e. The normalized spacial score (nSPS) is 15.8. The number of nitrogens with zero attached hydrogens (tertiary/aromatic N) is 2. The van der Waals surface area contributed by atoms with Gasteiger partial charge in [0.15, 0.2) is 0 Å². The van der Waals surface area contributed by atoms with Gasteiger partial charge in [0.2, 0.25) is 5.88 Å². The molecule has 160 valence electrons. The van der Waals surface area contributed by atoms with Crippen LogP contribution in [0.25, 0.3) is 0 Å². The van der Waals surface area contributed by atoms with E-state index >= 15 is 0 Å². The van der Waals surface area contributed by atoms with Crippen LogP contribution in [0.15, 0.2) is 68.0 Å². The fourth-order valence-electron chi connectivity index (χ4n) is 3.58. The van der Waals surface area contributed by atoms with Crippen molar-refractivity contribution in [2.75, 3.05) is 0 Å². The Kier molecular flexibility index (Phi) is 6.34. The molecule has 0 aliphatic carbocycles. The monoisotopic (exact) mass is 455 g/mol. The minimum atomic E-state index is -0.631. The van der Waals surface area contributed by atoms with Crippen molar-refractivity contribution < 1.29 is 5.11 Å². The van der Waals surface area contributed by atoms with E-state index in [1.165, 1.54) is 4.57 Å². The molecule has 2 N–H and O–H groups in total. The molecule has 1 aliphatic rings. The number of aromatic amines is 1. The Morgan fingerprint density at radius 2 is 1.94 bits per heavy atom. The van der Waals surface area contributed by atoms with Crippen LogP contribution in [0.2, 0.25) is 5.02 Å². The van der Waals surface area contributed by atoms with Gasteiger partial charge in [-0.3, -0.25) is 19.3 Å². The van der Waals surface area contributed by atoms with Crippen molar-refractivity contribution in [3.63, 3.8) is 0 Å². The Morgan fingerprint density at radius 1 is 1.19 bits per heavy atom. The first-order chi connectivity index (χ1) is 15.0. The summed E-state index contributed by atoms with van der Waals surface area (Å²) in [5.41, 5.74) is 1.01. The summed E-state index contributed by atoms with van der Waals surface area (Å²) in [6.07, 6.45) is 1.96. The average Bonchev–Trinajstić information content (AvgIpc) is 2.93. The van der Waals surface area contributed by atoms with Gasteiger partial charge in [-0.15, -0.1) is 11.8 Å². The second-order valence-electron chi connectivity index (χ2n) is 7.35. The minimum Gasteiger partial charge on any atom is -0.494 e. The van der Waals surface area contributed by atoms with Crippen LogP contribution in [0.1, 0.15) is 42.6 Å². The third-order valence-electron chi connectivity index (χ3n) is 5.21. The Labute approximate surface area is 188 Å². The highest BCUT2D eigenvalue weighted by atomic mass is 35.5. The number of benzene rings is 2. The molecule has 0 radical (unpaired) electrons. The first-order valence-corrected chi connectivity index (χ1v) is 11.4. The molecule has 0 amide bonds. The summed E-state index contributed by atoms with van der Waals surface area (Å²) in [6, 6.07) is 15.3. The van der Waals surface area contributed by atoms with Gasteiger partial charge in [-0.2, -0.15) is 0 Å². The highest BCUT2D eigenvalue weighted by Crippen LogP contribution is 2.45. The summed E-state index contributed by atoms with van der Waals surface area (Å²) in [7, 11) is 0. The van der Waals surface area contributed by atoms with E-state index in [0.29, 0.717) is 30.1 Å². The number of aliphatic imine (C=N–C) groups is 1. The molecule has 0 fully saturated rings. The maximum Gasteiger partial charge on any atom is 0.331 e. The number of hydrogen-bond acceptors (Lipinski definition) is 5. The minimum absolute atomic E-state index is 0.0468. The second-order valence-corrected chi connectivity index (χ2v) is 9.03. The zero-order chi connectivity index (χ0) is 22.0. The molecule has 3 aromatic rings. The Bertz CT molecular complexity index is 1250.